The van der Waals surface area contributed by atoms with Crippen LogP contribution >= 0.6 is 11.3 Å². The molecule has 0 atom stereocenters. The minimum Gasteiger partial charge on any atom is -0.493 e. The van der Waals surface area contributed by atoms with Crippen LogP contribution in [0.2, 0.25) is 0 Å². The van der Waals surface area contributed by atoms with Crippen molar-refractivity contribution in [3.05, 3.63) is 64.4 Å². The van der Waals surface area contributed by atoms with E-state index in [9.17, 15) is 9.59 Å². The Morgan fingerprint density at radius 2 is 1.62 bits per heavy atom. The van der Waals surface area contributed by atoms with Crippen LogP contribution < -0.4 is 19.5 Å². The molecule has 1 N–H and O–H groups in total. The highest BCUT2D eigenvalue weighted by molar-refractivity contribution is 7.12. The topological polar surface area (TPSA) is 96.0 Å². The van der Waals surface area contributed by atoms with E-state index in [1.165, 1.54) is 39.8 Å². The number of hydrogen-bond acceptors (Lipinski definition) is 8. The van der Waals surface area contributed by atoms with Crippen molar-refractivity contribution in [2.45, 2.75) is 0 Å². The second-order valence-electron chi connectivity index (χ2n) is 7.10. The lowest BCUT2D eigenvalue weighted by molar-refractivity contribution is 0.0607. The van der Waals surface area contributed by atoms with E-state index in [1.54, 1.807) is 29.6 Å². The molecule has 2 aromatic carbocycles. The zero-order chi connectivity index (χ0) is 24.2. The predicted octanol–water partition coefficient (Wildman–Crippen LogP) is 5.03. The normalized spacial score (nSPS) is 10.6. The maximum absolute atomic E-state index is 13.4. The Morgan fingerprint density at radius 3 is 2.26 bits per heavy atom. The van der Waals surface area contributed by atoms with Gasteiger partial charge in [-0.05, 0) is 35.7 Å². The summed E-state index contributed by atoms with van der Waals surface area (Å²) < 4.78 is 21.2. The Kier molecular flexibility index (Phi) is 6.65. The number of amides is 1. The molecule has 8 nitrogen and oxygen atoms in total. The molecule has 0 aliphatic carbocycles. The average Bonchev–Trinajstić information content (AvgIpc) is 3.34. The smallest absolute Gasteiger partial charge is 0.350 e. The fourth-order valence-electron chi connectivity index (χ4n) is 3.59. The van der Waals surface area contributed by atoms with Crippen LogP contribution in [0.4, 0.5) is 5.69 Å². The van der Waals surface area contributed by atoms with Gasteiger partial charge in [0.25, 0.3) is 5.91 Å². The second-order valence-corrected chi connectivity index (χ2v) is 8.01. The number of methoxy groups -OCH3 is 4. The monoisotopic (exact) mass is 478 g/mol. The molecule has 2 aromatic heterocycles. The van der Waals surface area contributed by atoms with Gasteiger partial charge in [-0.2, -0.15) is 0 Å². The number of carbonyl (C=O) groups excluding carboxylic acids is 2. The molecule has 174 valence electrons. The second kappa shape index (κ2) is 9.80. The van der Waals surface area contributed by atoms with Crippen molar-refractivity contribution in [1.82, 2.24) is 4.98 Å². The van der Waals surface area contributed by atoms with Crippen LogP contribution in [0.3, 0.4) is 0 Å². The Labute approximate surface area is 200 Å². The lowest BCUT2D eigenvalue weighted by atomic mass is 10.0. The molecule has 0 aliphatic heterocycles. The highest BCUT2D eigenvalue weighted by atomic mass is 32.1. The number of ether oxygens (including phenoxy) is 4. The van der Waals surface area contributed by atoms with Crippen molar-refractivity contribution in [3.8, 4) is 28.5 Å². The van der Waals surface area contributed by atoms with Gasteiger partial charge in [0, 0.05) is 10.9 Å². The zero-order valence-corrected chi connectivity index (χ0v) is 19.8. The standard InChI is InChI=1S/C25H22N2O6S/c1-30-20-11-14(12-21(31-2)22(20)32-3)19-13-16(15-7-5-6-8-17(15)26-19)24(28)27-18-9-10-34-23(18)25(29)33-4/h5-13H,1-4H3,(H,27,28). The molecule has 2 heterocycles. The number of rotatable bonds is 7. The van der Waals surface area contributed by atoms with Gasteiger partial charge in [0.15, 0.2) is 11.5 Å². The molecule has 4 rings (SSSR count). The fourth-order valence-corrected chi connectivity index (χ4v) is 4.35. The molecule has 4 aromatic rings. The summed E-state index contributed by atoms with van der Waals surface area (Å²) in [6.45, 7) is 0. The first-order valence-corrected chi connectivity index (χ1v) is 11.1. The minimum atomic E-state index is -0.511. The highest BCUT2D eigenvalue weighted by Gasteiger charge is 2.20. The largest absolute Gasteiger partial charge is 0.493 e. The van der Waals surface area contributed by atoms with Gasteiger partial charge < -0.3 is 24.3 Å². The minimum absolute atomic E-state index is 0.319. The third-order valence-electron chi connectivity index (χ3n) is 5.21. The van der Waals surface area contributed by atoms with E-state index in [0.29, 0.717) is 55.5 Å². The molecule has 0 aliphatic rings. The van der Waals surface area contributed by atoms with Crippen LogP contribution in [0.1, 0.15) is 20.0 Å². The summed E-state index contributed by atoms with van der Waals surface area (Å²) in [7, 11) is 5.90. The number of esters is 1. The molecule has 0 saturated heterocycles. The molecular weight excluding hydrogens is 456 g/mol. The van der Waals surface area contributed by atoms with E-state index >= 15 is 0 Å². The zero-order valence-electron chi connectivity index (χ0n) is 19.0. The highest BCUT2D eigenvalue weighted by Crippen LogP contribution is 2.41. The number of thiophene rings is 1. The fraction of sp³-hybridized carbons (Fsp3) is 0.160. The van der Waals surface area contributed by atoms with Crippen LogP contribution in [-0.4, -0.2) is 45.3 Å². The number of aromatic nitrogens is 1. The third kappa shape index (κ3) is 4.25. The van der Waals surface area contributed by atoms with Gasteiger partial charge in [-0.1, -0.05) is 18.2 Å². The number of benzene rings is 2. The number of hydrogen-bond donors (Lipinski definition) is 1. The Bertz CT molecular complexity index is 1360. The lowest BCUT2D eigenvalue weighted by Crippen LogP contribution is -2.15. The summed E-state index contributed by atoms with van der Waals surface area (Å²) in [4.78, 5) is 30.5. The van der Waals surface area contributed by atoms with Crippen molar-refractivity contribution in [1.29, 1.82) is 0 Å². The number of fused-ring (bicyclic) bond motifs is 1. The van der Waals surface area contributed by atoms with Crippen molar-refractivity contribution in [2.24, 2.45) is 0 Å². The molecule has 0 bridgehead atoms. The first kappa shape index (κ1) is 23.1. The van der Waals surface area contributed by atoms with Gasteiger partial charge in [0.05, 0.1) is 50.9 Å². The number of nitrogens with one attached hydrogen (secondary N) is 1. The van der Waals surface area contributed by atoms with Crippen molar-refractivity contribution in [2.75, 3.05) is 33.8 Å². The van der Waals surface area contributed by atoms with E-state index in [2.05, 4.69) is 5.32 Å². The van der Waals surface area contributed by atoms with Gasteiger partial charge in [0.2, 0.25) is 5.75 Å². The van der Waals surface area contributed by atoms with Crippen LogP contribution in [0.5, 0.6) is 17.2 Å². The molecule has 9 heteroatoms. The van der Waals surface area contributed by atoms with Crippen molar-refractivity contribution < 1.29 is 28.5 Å². The molecule has 0 fully saturated rings. The van der Waals surface area contributed by atoms with Crippen molar-refractivity contribution >= 4 is 39.8 Å². The molecule has 34 heavy (non-hydrogen) atoms. The average molecular weight is 479 g/mol. The SMILES string of the molecule is COC(=O)c1sccc1NC(=O)c1cc(-c2cc(OC)c(OC)c(OC)c2)nc2ccccc12. The van der Waals surface area contributed by atoms with Gasteiger partial charge in [-0.3, -0.25) is 4.79 Å². The van der Waals surface area contributed by atoms with Gasteiger partial charge >= 0.3 is 5.97 Å². The van der Waals surface area contributed by atoms with Crippen molar-refractivity contribution in [3.63, 3.8) is 0 Å². The van der Waals surface area contributed by atoms with Crippen LogP contribution in [0, 0.1) is 0 Å². The lowest BCUT2D eigenvalue weighted by Gasteiger charge is -2.15. The third-order valence-corrected chi connectivity index (χ3v) is 6.10. The number of para-hydroxylation sites is 1. The van der Waals surface area contributed by atoms with Crippen LogP contribution in [-0.2, 0) is 4.74 Å². The number of pyridine rings is 1. The summed E-state index contributed by atoms with van der Waals surface area (Å²) >= 11 is 1.19. The quantitative estimate of drug-likeness (QED) is 0.372. The summed E-state index contributed by atoms with van der Waals surface area (Å²) in [5.41, 5.74) is 2.65. The van der Waals surface area contributed by atoms with E-state index in [4.69, 9.17) is 23.9 Å². The van der Waals surface area contributed by atoms with E-state index in [1.807, 2.05) is 24.3 Å². The molecule has 1 amide bonds. The molecular formula is C25H22N2O6S. The maximum atomic E-state index is 13.4. The predicted molar refractivity (Wildman–Crippen MR) is 130 cm³/mol. The molecule has 0 spiro atoms. The molecule has 0 unspecified atom stereocenters. The van der Waals surface area contributed by atoms with E-state index < -0.39 is 5.97 Å². The summed E-state index contributed by atoms with van der Waals surface area (Å²) in [5.74, 6) is 0.511. The summed E-state index contributed by atoms with van der Waals surface area (Å²) in [6.07, 6.45) is 0. The number of anilines is 1. The Balaban J connectivity index is 1.83. The van der Waals surface area contributed by atoms with Crippen LogP contribution in [0.25, 0.3) is 22.2 Å². The van der Waals surface area contributed by atoms with E-state index in [-0.39, 0.29) is 5.91 Å². The maximum Gasteiger partial charge on any atom is 0.350 e. The molecule has 0 saturated carbocycles. The Hall–Kier alpha value is -4.11. The molecule has 0 radical (unpaired) electrons. The summed E-state index contributed by atoms with van der Waals surface area (Å²) in [5, 5.41) is 5.22. The first-order valence-electron chi connectivity index (χ1n) is 10.2. The summed E-state index contributed by atoms with van der Waals surface area (Å²) in [6, 6.07) is 14.3. The van der Waals surface area contributed by atoms with Gasteiger partial charge in [-0.15, -0.1) is 11.3 Å². The number of nitrogens with zero attached hydrogens (tertiary/aromatic N) is 1. The van der Waals surface area contributed by atoms with Crippen LogP contribution in [0.15, 0.2) is 53.9 Å². The number of carbonyl (C=O) groups is 2. The van der Waals surface area contributed by atoms with E-state index in [0.717, 1.165) is 0 Å². The van der Waals surface area contributed by atoms with Gasteiger partial charge in [0.1, 0.15) is 4.88 Å². The first-order chi connectivity index (χ1) is 16.5. The Morgan fingerprint density at radius 1 is 0.912 bits per heavy atom. The van der Waals surface area contributed by atoms with Gasteiger partial charge in [-0.25, -0.2) is 9.78 Å².